The molecule has 1 heterocycles. The molecule has 1 aromatic heterocycles. The average molecular weight is 239 g/mol. The van der Waals surface area contributed by atoms with E-state index in [1.54, 1.807) is 4.57 Å². The molecule has 2 N–H and O–H groups in total. The van der Waals surface area contributed by atoms with Crippen molar-refractivity contribution in [3.8, 4) is 17.1 Å². The van der Waals surface area contributed by atoms with Crippen LogP contribution < -0.4 is 0 Å². The lowest BCUT2D eigenvalue weighted by Crippen LogP contribution is -1.99. The van der Waals surface area contributed by atoms with Gasteiger partial charge in [0.25, 0.3) is 0 Å². The highest BCUT2D eigenvalue weighted by Crippen LogP contribution is 2.24. The van der Waals surface area contributed by atoms with Crippen LogP contribution >= 0.6 is 12.2 Å². The Bertz CT molecular complexity index is 576. The number of nitrogens with zero attached hydrogens (tertiary/aromatic N) is 2. The van der Waals surface area contributed by atoms with E-state index < -0.39 is 5.82 Å². The van der Waals surface area contributed by atoms with Crippen molar-refractivity contribution in [2.24, 2.45) is 0 Å². The average Bonchev–Trinajstić information content (AvgIpc) is 2.59. The van der Waals surface area contributed by atoms with E-state index in [9.17, 15) is 4.39 Å². The van der Waals surface area contributed by atoms with Gasteiger partial charge in [0.05, 0.1) is 5.56 Å². The molecule has 0 aliphatic heterocycles. The maximum Gasteiger partial charge on any atom is 0.195 e. The monoisotopic (exact) mass is 239 g/mol. The van der Waals surface area contributed by atoms with E-state index in [0.717, 1.165) is 6.07 Å². The third-order valence-corrected chi connectivity index (χ3v) is 2.58. The summed E-state index contributed by atoms with van der Waals surface area (Å²) in [4.78, 5) is 0. The molecule has 0 aliphatic carbocycles. The lowest BCUT2D eigenvalue weighted by atomic mass is 10.2. The molecular formula is C10H10FN3OS. The van der Waals surface area contributed by atoms with Gasteiger partial charge in [0.15, 0.2) is 10.6 Å². The number of H-pyrrole nitrogens is 1. The van der Waals surface area contributed by atoms with Crippen LogP contribution in [0.5, 0.6) is 5.75 Å². The third-order valence-electron chi connectivity index (χ3n) is 2.27. The van der Waals surface area contributed by atoms with Crippen molar-refractivity contribution in [2.45, 2.75) is 13.5 Å². The van der Waals surface area contributed by atoms with Gasteiger partial charge in [-0.25, -0.2) is 4.39 Å². The van der Waals surface area contributed by atoms with Crippen LogP contribution in [0.3, 0.4) is 0 Å². The Hall–Kier alpha value is -1.69. The fraction of sp³-hybridized carbons (Fsp3) is 0.200. The highest BCUT2D eigenvalue weighted by atomic mass is 32.1. The van der Waals surface area contributed by atoms with Crippen molar-refractivity contribution in [1.29, 1.82) is 0 Å². The van der Waals surface area contributed by atoms with Gasteiger partial charge in [0, 0.05) is 12.6 Å². The van der Waals surface area contributed by atoms with E-state index in [0.29, 0.717) is 22.7 Å². The second-order valence-electron chi connectivity index (χ2n) is 3.26. The predicted octanol–water partition coefficient (Wildman–Crippen LogP) is 2.47. The summed E-state index contributed by atoms with van der Waals surface area (Å²) in [6.07, 6.45) is 0. The second-order valence-corrected chi connectivity index (χ2v) is 3.65. The van der Waals surface area contributed by atoms with Gasteiger partial charge in [-0.3, -0.25) is 5.10 Å². The Morgan fingerprint density at radius 3 is 2.94 bits per heavy atom. The Morgan fingerprint density at radius 1 is 1.56 bits per heavy atom. The van der Waals surface area contributed by atoms with E-state index in [4.69, 9.17) is 17.3 Å². The minimum Gasteiger partial charge on any atom is -0.508 e. The Balaban J connectivity index is 2.63. The zero-order chi connectivity index (χ0) is 11.7. The summed E-state index contributed by atoms with van der Waals surface area (Å²) in [6.45, 7) is 2.50. The molecule has 0 unspecified atom stereocenters. The molecule has 2 rings (SSSR count). The van der Waals surface area contributed by atoms with Crippen LogP contribution in [0.25, 0.3) is 11.4 Å². The summed E-state index contributed by atoms with van der Waals surface area (Å²) >= 11 is 5.01. The fourth-order valence-corrected chi connectivity index (χ4v) is 1.76. The number of hydrogen-bond acceptors (Lipinski definition) is 3. The molecule has 0 aliphatic rings. The van der Waals surface area contributed by atoms with Gasteiger partial charge in [0.1, 0.15) is 11.6 Å². The topological polar surface area (TPSA) is 53.8 Å². The number of aromatic nitrogens is 3. The summed E-state index contributed by atoms with van der Waals surface area (Å²) < 4.78 is 15.7. The minimum absolute atomic E-state index is 0.113. The van der Waals surface area contributed by atoms with Crippen molar-refractivity contribution in [3.05, 3.63) is 28.8 Å². The summed E-state index contributed by atoms with van der Waals surface area (Å²) in [5, 5.41) is 15.7. The molecule has 0 saturated heterocycles. The summed E-state index contributed by atoms with van der Waals surface area (Å²) in [6, 6.07) is 3.94. The highest BCUT2D eigenvalue weighted by molar-refractivity contribution is 7.71. The molecule has 0 bridgehead atoms. The standard InChI is InChI=1S/C10H10FN3OS/c1-2-14-9(12-13-10(14)16)7-4-3-6(15)5-8(7)11/h3-5,15H,2H2,1H3,(H,13,16). The number of phenols is 1. The molecule has 0 radical (unpaired) electrons. The molecule has 0 atom stereocenters. The normalized spacial score (nSPS) is 10.6. The minimum atomic E-state index is -0.524. The Kier molecular flexibility index (Phi) is 2.74. The van der Waals surface area contributed by atoms with Crippen molar-refractivity contribution in [2.75, 3.05) is 0 Å². The largest absolute Gasteiger partial charge is 0.508 e. The number of rotatable bonds is 2. The van der Waals surface area contributed by atoms with Gasteiger partial charge >= 0.3 is 0 Å². The van der Waals surface area contributed by atoms with Crippen LogP contribution in [-0.2, 0) is 6.54 Å². The summed E-state index contributed by atoms with van der Waals surface area (Å²) in [7, 11) is 0. The summed E-state index contributed by atoms with van der Waals surface area (Å²) in [5.41, 5.74) is 0.312. The number of aromatic amines is 1. The Morgan fingerprint density at radius 2 is 2.31 bits per heavy atom. The number of phenolic OH excluding ortho intramolecular Hbond substituents is 1. The number of aromatic hydroxyl groups is 1. The first-order valence-electron chi connectivity index (χ1n) is 4.77. The SMILES string of the molecule is CCn1c(-c2ccc(O)cc2F)n[nH]c1=S. The predicted molar refractivity (Wildman–Crippen MR) is 60.1 cm³/mol. The first-order chi connectivity index (χ1) is 7.63. The van der Waals surface area contributed by atoms with Gasteiger partial charge in [-0.05, 0) is 31.3 Å². The second kappa shape index (κ2) is 4.05. The molecule has 1 aromatic carbocycles. The number of benzene rings is 1. The van der Waals surface area contributed by atoms with Crippen molar-refractivity contribution in [1.82, 2.24) is 14.8 Å². The van der Waals surface area contributed by atoms with Crippen LogP contribution in [0.2, 0.25) is 0 Å². The zero-order valence-electron chi connectivity index (χ0n) is 8.57. The van der Waals surface area contributed by atoms with Crippen LogP contribution in [0.4, 0.5) is 4.39 Å². The lowest BCUT2D eigenvalue weighted by Gasteiger charge is -2.04. The van der Waals surface area contributed by atoms with Gasteiger partial charge in [-0.15, -0.1) is 0 Å². The quantitative estimate of drug-likeness (QED) is 0.791. The molecule has 2 aromatic rings. The van der Waals surface area contributed by atoms with Gasteiger partial charge in [-0.1, -0.05) is 0 Å². The molecule has 84 valence electrons. The van der Waals surface area contributed by atoms with Crippen molar-refractivity contribution >= 4 is 12.2 Å². The molecule has 16 heavy (non-hydrogen) atoms. The maximum absolute atomic E-state index is 13.6. The molecule has 4 nitrogen and oxygen atoms in total. The Labute approximate surface area is 96.4 Å². The number of halogens is 1. The molecule has 0 amide bonds. The van der Waals surface area contributed by atoms with Crippen LogP contribution in [0.1, 0.15) is 6.92 Å². The number of nitrogens with one attached hydrogen (secondary N) is 1. The zero-order valence-corrected chi connectivity index (χ0v) is 9.38. The van der Waals surface area contributed by atoms with Crippen LogP contribution in [0.15, 0.2) is 18.2 Å². The van der Waals surface area contributed by atoms with Crippen molar-refractivity contribution < 1.29 is 9.50 Å². The first-order valence-corrected chi connectivity index (χ1v) is 5.18. The molecule has 0 fully saturated rings. The number of hydrogen-bond donors (Lipinski definition) is 2. The van der Waals surface area contributed by atoms with Gasteiger partial charge in [0.2, 0.25) is 0 Å². The van der Waals surface area contributed by atoms with Crippen LogP contribution in [0, 0.1) is 10.6 Å². The van der Waals surface area contributed by atoms with Crippen LogP contribution in [-0.4, -0.2) is 19.9 Å². The highest BCUT2D eigenvalue weighted by Gasteiger charge is 2.12. The molecule has 6 heteroatoms. The van der Waals surface area contributed by atoms with E-state index in [-0.39, 0.29) is 5.75 Å². The fourth-order valence-electron chi connectivity index (χ4n) is 1.50. The maximum atomic E-state index is 13.6. The smallest absolute Gasteiger partial charge is 0.195 e. The lowest BCUT2D eigenvalue weighted by molar-refractivity contribution is 0.469. The molecular weight excluding hydrogens is 229 g/mol. The van der Waals surface area contributed by atoms with E-state index in [1.807, 2.05) is 6.92 Å². The van der Waals surface area contributed by atoms with Gasteiger partial charge in [-0.2, -0.15) is 5.10 Å². The van der Waals surface area contributed by atoms with E-state index in [1.165, 1.54) is 12.1 Å². The van der Waals surface area contributed by atoms with Crippen molar-refractivity contribution in [3.63, 3.8) is 0 Å². The third kappa shape index (κ3) is 1.71. The molecule has 0 saturated carbocycles. The van der Waals surface area contributed by atoms with E-state index in [2.05, 4.69) is 10.2 Å². The molecule has 0 spiro atoms. The van der Waals surface area contributed by atoms with Gasteiger partial charge < -0.3 is 9.67 Å². The first kappa shape index (κ1) is 10.8. The summed E-state index contributed by atoms with van der Waals surface area (Å²) in [5.74, 6) is -0.202. The van der Waals surface area contributed by atoms with E-state index >= 15 is 0 Å².